The van der Waals surface area contributed by atoms with Gasteiger partial charge >= 0.3 is 5.69 Å². The Kier molecular flexibility index (Phi) is 3.93. The Hall–Kier alpha value is -2.83. The summed E-state index contributed by atoms with van der Waals surface area (Å²) in [6.07, 6.45) is 1.51. The summed E-state index contributed by atoms with van der Waals surface area (Å²) in [5.41, 5.74) is 5.59. The van der Waals surface area contributed by atoms with Gasteiger partial charge in [0.1, 0.15) is 11.6 Å². The molecule has 110 valence electrons. The Morgan fingerprint density at radius 3 is 2.33 bits per heavy atom. The number of anilines is 1. The maximum atomic E-state index is 12.0. The number of benzene rings is 1. The van der Waals surface area contributed by atoms with E-state index < -0.39 is 11.2 Å². The van der Waals surface area contributed by atoms with Crippen LogP contribution in [0.1, 0.15) is 5.56 Å². The van der Waals surface area contributed by atoms with Crippen LogP contribution < -0.4 is 21.7 Å². The van der Waals surface area contributed by atoms with Gasteiger partial charge in [0, 0.05) is 20.3 Å². The van der Waals surface area contributed by atoms with Gasteiger partial charge in [0.2, 0.25) is 0 Å². The van der Waals surface area contributed by atoms with E-state index in [1.165, 1.54) is 24.9 Å². The fourth-order valence-electron chi connectivity index (χ4n) is 1.79. The number of nitrogens with two attached hydrogens (primary N) is 1. The number of ether oxygens (including phenoxy) is 1. The van der Waals surface area contributed by atoms with Crippen LogP contribution in [0.2, 0.25) is 0 Å². The van der Waals surface area contributed by atoms with Gasteiger partial charge in [-0.15, -0.1) is 0 Å². The number of rotatable bonds is 3. The Labute approximate surface area is 120 Å². The lowest BCUT2D eigenvalue weighted by Crippen LogP contribution is -2.37. The minimum atomic E-state index is -0.527. The fraction of sp³-hybridized carbons (Fsp3) is 0.214. The van der Waals surface area contributed by atoms with E-state index in [2.05, 4.69) is 4.99 Å². The lowest BCUT2D eigenvalue weighted by molar-refractivity contribution is 0.415. The van der Waals surface area contributed by atoms with Crippen LogP contribution in [0.25, 0.3) is 0 Å². The van der Waals surface area contributed by atoms with E-state index in [0.717, 1.165) is 15.9 Å². The first-order chi connectivity index (χ1) is 9.95. The molecule has 0 spiro atoms. The van der Waals surface area contributed by atoms with Crippen LogP contribution in [0.4, 0.5) is 11.5 Å². The summed E-state index contributed by atoms with van der Waals surface area (Å²) in [6, 6.07) is 7.16. The summed E-state index contributed by atoms with van der Waals surface area (Å²) >= 11 is 0. The first-order valence-electron chi connectivity index (χ1n) is 6.19. The van der Waals surface area contributed by atoms with E-state index in [9.17, 15) is 9.59 Å². The summed E-state index contributed by atoms with van der Waals surface area (Å²) in [6.45, 7) is 0. The summed E-state index contributed by atoms with van der Waals surface area (Å²) in [5, 5.41) is 0. The molecule has 2 rings (SSSR count). The van der Waals surface area contributed by atoms with Gasteiger partial charge in [-0.3, -0.25) is 13.9 Å². The van der Waals surface area contributed by atoms with Crippen molar-refractivity contribution in [3.05, 3.63) is 50.7 Å². The van der Waals surface area contributed by atoms with E-state index >= 15 is 0 Å². The van der Waals surface area contributed by atoms with Crippen LogP contribution in [0.3, 0.4) is 0 Å². The van der Waals surface area contributed by atoms with E-state index in [1.54, 1.807) is 31.4 Å². The Bertz CT molecular complexity index is 801. The second-order valence-corrected chi connectivity index (χ2v) is 4.47. The van der Waals surface area contributed by atoms with Gasteiger partial charge in [-0.05, 0) is 29.8 Å². The summed E-state index contributed by atoms with van der Waals surface area (Å²) in [5.74, 6) is 0.762. The van der Waals surface area contributed by atoms with Gasteiger partial charge in [-0.25, -0.2) is 9.79 Å². The zero-order valence-corrected chi connectivity index (χ0v) is 12.0. The highest BCUT2D eigenvalue weighted by atomic mass is 16.5. The quantitative estimate of drug-likeness (QED) is 0.829. The number of nitrogens with zero attached hydrogens (tertiary/aromatic N) is 3. The second kappa shape index (κ2) is 5.66. The van der Waals surface area contributed by atoms with Gasteiger partial charge < -0.3 is 10.5 Å². The molecule has 21 heavy (non-hydrogen) atoms. The molecule has 1 heterocycles. The van der Waals surface area contributed by atoms with Gasteiger partial charge in [0.05, 0.1) is 7.11 Å². The average Bonchev–Trinajstić information content (AvgIpc) is 2.51. The highest BCUT2D eigenvalue weighted by Crippen LogP contribution is 2.14. The van der Waals surface area contributed by atoms with Crippen molar-refractivity contribution in [3.8, 4) is 5.75 Å². The number of hydrogen-bond donors (Lipinski definition) is 1. The standard InChI is InChI=1S/C14H16N4O3/c1-17-12(15)11(13(19)18(2)14(17)20)16-8-9-4-6-10(21-3)7-5-9/h4-8H,15H2,1-3H3. The third kappa shape index (κ3) is 2.71. The topological polar surface area (TPSA) is 91.6 Å². The fourth-order valence-corrected chi connectivity index (χ4v) is 1.79. The van der Waals surface area contributed by atoms with Crippen molar-refractivity contribution in [3.63, 3.8) is 0 Å². The Balaban J connectivity index is 2.46. The first-order valence-corrected chi connectivity index (χ1v) is 6.19. The Morgan fingerprint density at radius 2 is 1.76 bits per heavy atom. The average molecular weight is 288 g/mol. The number of aliphatic imine (C=N–C) groups is 1. The molecule has 0 bridgehead atoms. The highest BCUT2D eigenvalue weighted by Gasteiger charge is 2.11. The van der Waals surface area contributed by atoms with Crippen molar-refractivity contribution in [2.45, 2.75) is 0 Å². The zero-order valence-electron chi connectivity index (χ0n) is 12.0. The number of hydrogen-bond acceptors (Lipinski definition) is 5. The van der Waals surface area contributed by atoms with Crippen molar-refractivity contribution in [2.75, 3.05) is 12.8 Å². The molecule has 0 fully saturated rings. The lowest BCUT2D eigenvalue weighted by Gasteiger charge is -2.08. The third-order valence-electron chi connectivity index (χ3n) is 3.14. The van der Waals surface area contributed by atoms with Crippen LogP contribution >= 0.6 is 0 Å². The predicted molar refractivity (Wildman–Crippen MR) is 81.6 cm³/mol. The van der Waals surface area contributed by atoms with Crippen molar-refractivity contribution >= 4 is 17.7 Å². The second-order valence-electron chi connectivity index (χ2n) is 4.47. The molecule has 0 aliphatic heterocycles. The molecule has 7 heteroatoms. The summed E-state index contributed by atoms with van der Waals surface area (Å²) < 4.78 is 7.21. The van der Waals surface area contributed by atoms with Gasteiger partial charge in [-0.1, -0.05) is 0 Å². The van der Waals surface area contributed by atoms with Crippen LogP contribution in [-0.4, -0.2) is 22.5 Å². The number of aromatic nitrogens is 2. The predicted octanol–water partition coefficient (Wildman–Crippen LogP) is 0.425. The molecule has 1 aromatic carbocycles. The molecular weight excluding hydrogens is 272 g/mol. The molecule has 0 amide bonds. The monoisotopic (exact) mass is 288 g/mol. The molecular formula is C14H16N4O3. The smallest absolute Gasteiger partial charge is 0.332 e. The Morgan fingerprint density at radius 1 is 1.14 bits per heavy atom. The molecule has 0 saturated heterocycles. The summed E-state index contributed by atoms with van der Waals surface area (Å²) in [7, 11) is 4.46. The third-order valence-corrected chi connectivity index (χ3v) is 3.14. The van der Waals surface area contributed by atoms with Crippen molar-refractivity contribution < 1.29 is 4.74 Å². The molecule has 0 saturated carbocycles. The highest BCUT2D eigenvalue weighted by molar-refractivity contribution is 5.83. The number of nitrogen functional groups attached to an aromatic ring is 1. The van der Waals surface area contributed by atoms with E-state index in [0.29, 0.717) is 0 Å². The van der Waals surface area contributed by atoms with Crippen molar-refractivity contribution in [1.29, 1.82) is 0 Å². The van der Waals surface area contributed by atoms with Gasteiger partial charge in [0.15, 0.2) is 5.69 Å². The summed E-state index contributed by atoms with van der Waals surface area (Å²) in [4.78, 5) is 27.8. The largest absolute Gasteiger partial charge is 0.497 e. The molecule has 0 radical (unpaired) electrons. The van der Waals surface area contributed by atoms with Gasteiger partial charge in [0.25, 0.3) is 5.56 Å². The molecule has 0 aliphatic carbocycles. The van der Waals surface area contributed by atoms with Crippen LogP contribution in [0, 0.1) is 0 Å². The molecule has 2 aromatic rings. The van der Waals surface area contributed by atoms with E-state index in [4.69, 9.17) is 10.5 Å². The van der Waals surface area contributed by atoms with Crippen molar-refractivity contribution in [1.82, 2.24) is 9.13 Å². The first kappa shape index (κ1) is 14.6. The van der Waals surface area contributed by atoms with Crippen LogP contribution in [0.15, 0.2) is 38.8 Å². The van der Waals surface area contributed by atoms with Crippen LogP contribution in [0.5, 0.6) is 5.75 Å². The van der Waals surface area contributed by atoms with E-state index in [-0.39, 0.29) is 11.5 Å². The molecule has 0 atom stereocenters. The number of methoxy groups -OCH3 is 1. The molecule has 0 aliphatic rings. The van der Waals surface area contributed by atoms with E-state index in [1.807, 2.05) is 0 Å². The lowest BCUT2D eigenvalue weighted by atomic mass is 10.2. The normalized spacial score (nSPS) is 11.0. The van der Waals surface area contributed by atoms with Crippen molar-refractivity contribution in [2.24, 2.45) is 19.1 Å². The minimum absolute atomic E-state index is 0.0351. The molecule has 7 nitrogen and oxygen atoms in total. The molecule has 0 unspecified atom stereocenters. The van der Waals surface area contributed by atoms with Crippen LogP contribution in [-0.2, 0) is 14.1 Å². The minimum Gasteiger partial charge on any atom is -0.497 e. The molecule has 1 aromatic heterocycles. The zero-order chi connectivity index (χ0) is 15.6. The maximum absolute atomic E-state index is 12.0. The maximum Gasteiger partial charge on any atom is 0.332 e. The van der Waals surface area contributed by atoms with Gasteiger partial charge in [-0.2, -0.15) is 0 Å². The molecule has 2 N–H and O–H groups in total. The SMILES string of the molecule is COc1ccc(C=Nc2c(N)n(C)c(=O)n(C)c2=O)cc1.